The summed E-state index contributed by atoms with van der Waals surface area (Å²) in [6.07, 6.45) is -52.2. The lowest BCUT2D eigenvalue weighted by molar-refractivity contribution is -0.391. The number of aldehydes is 1. The fourth-order valence-corrected chi connectivity index (χ4v) is 20.1. The van der Waals surface area contributed by atoms with Gasteiger partial charge in [-0.25, -0.2) is 4.79 Å². The molecule has 0 bridgehead atoms. The summed E-state index contributed by atoms with van der Waals surface area (Å²) in [4.78, 5) is 43.4. The minimum absolute atomic E-state index is 0.131. The number of aliphatic carboxylic acids is 1. The maximum Gasteiger partial charge on any atom is 0.335 e. The summed E-state index contributed by atoms with van der Waals surface area (Å²) in [5.41, 5.74) is -3.68. The Balaban J connectivity index is 0.824. The Hall–Kier alpha value is -2.85. The molecule has 600 valence electrons. The molecule has 0 aromatic carbocycles. The second kappa shape index (κ2) is 30.6. The van der Waals surface area contributed by atoms with Gasteiger partial charge in [-0.3, -0.25) is 4.79 Å². The normalized spacial score (nSPS) is 55.1. The molecule has 5 aliphatic carbocycles. The first-order valence-corrected chi connectivity index (χ1v) is 36.8. The van der Waals surface area contributed by atoms with Gasteiger partial charge in [0, 0.05) is 0 Å². The van der Waals surface area contributed by atoms with Crippen molar-refractivity contribution in [2.24, 2.45) is 50.2 Å². The van der Waals surface area contributed by atoms with Gasteiger partial charge >= 0.3 is 11.9 Å². The highest BCUT2D eigenvalue weighted by Gasteiger charge is 2.72. The second-order valence-electron chi connectivity index (χ2n) is 33.5. The quantitative estimate of drug-likeness (QED) is 0.0281. The maximum absolute atomic E-state index is 16.0. The molecular weight excluding hydrogens is 1400 g/mol. The van der Waals surface area contributed by atoms with E-state index in [1.807, 2.05) is 0 Å². The van der Waals surface area contributed by atoms with Crippen LogP contribution in [0.1, 0.15) is 127 Å². The molecule has 42 atom stereocenters. The number of allylic oxidation sites excluding steroid dienone is 2. The third kappa shape index (κ3) is 14.1. The number of esters is 1. The third-order valence-electron chi connectivity index (χ3n) is 26.8. The Morgan fingerprint density at radius 3 is 1.59 bits per heavy atom. The number of ether oxygens (including phenoxy) is 14. The van der Waals surface area contributed by atoms with Crippen LogP contribution in [0.3, 0.4) is 0 Å². The van der Waals surface area contributed by atoms with Crippen molar-refractivity contribution in [3.05, 3.63) is 11.6 Å². The third-order valence-corrected chi connectivity index (χ3v) is 26.8. The minimum atomic E-state index is -2.21. The van der Waals surface area contributed by atoms with Crippen molar-refractivity contribution < 1.29 is 173 Å². The fraction of sp³-hybridized carbons (Fsp3) is 0.929. The average Bonchev–Trinajstić information content (AvgIpc) is 0.674. The van der Waals surface area contributed by atoms with Crippen LogP contribution < -0.4 is 0 Å². The number of hydrogen-bond donors (Lipinski definition) is 18. The largest absolute Gasteiger partial charge is 0.479 e. The average molecular weight is 1510 g/mol. The molecule has 7 heterocycles. The highest BCUT2D eigenvalue weighted by atomic mass is 16.8. The van der Waals surface area contributed by atoms with Crippen LogP contribution in [0.2, 0.25) is 0 Å². The number of aliphatic hydroxyl groups is 17. The number of hydrogen-bond acceptors (Lipinski definition) is 34. The van der Waals surface area contributed by atoms with Crippen molar-refractivity contribution >= 4 is 18.2 Å². The molecule has 0 aromatic heterocycles. The molecule has 7 aliphatic heterocycles. The van der Waals surface area contributed by atoms with E-state index in [9.17, 15) is 102 Å². The maximum atomic E-state index is 16.0. The van der Waals surface area contributed by atoms with Crippen LogP contribution in [0.5, 0.6) is 0 Å². The Morgan fingerprint density at radius 2 is 0.990 bits per heavy atom. The first kappa shape index (κ1) is 81.6. The Labute approximate surface area is 606 Å². The van der Waals surface area contributed by atoms with Gasteiger partial charge in [0.25, 0.3) is 0 Å². The molecule has 0 radical (unpaired) electrons. The van der Waals surface area contributed by atoms with Crippen LogP contribution in [0, 0.1) is 50.2 Å². The molecule has 12 rings (SSSR count). The minimum Gasteiger partial charge on any atom is -0.479 e. The summed E-state index contributed by atoms with van der Waals surface area (Å²) in [7, 11) is 0. The van der Waals surface area contributed by atoms with Crippen LogP contribution in [0.25, 0.3) is 0 Å². The van der Waals surface area contributed by atoms with E-state index in [2.05, 4.69) is 40.7 Å². The first-order chi connectivity index (χ1) is 49.2. The van der Waals surface area contributed by atoms with Gasteiger partial charge in [-0.2, -0.15) is 0 Å². The van der Waals surface area contributed by atoms with Gasteiger partial charge in [0.2, 0.25) is 6.29 Å². The Bertz CT molecular complexity index is 3080. The lowest BCUT2D eigenvalue weighted by Gasteiger charge is -2.71. The van der Waals surface area contributed by atoms with Crippen LogP contribution in [-0.2, 0) is 80.7 Å². The summed E-state index contributed by atoms with van der Waals surface area (Å²) < 4.78 is 85.4. The first-order valence-electron chi connectivity index (χ1n) is 36.8. The van der Waals surface area contributed by atoms with E-state index < -0.39 is 280 Å². The molecule has 7 saturated heterocycles. The van der Waals surface area contributed by atoms with Crippen LogP contribution in [0.4, 0.5) is 0 Å². The van der Waals surface area contributed by atoms with E-state index in [4.69, 9.17) is 66.3 Å². The number of carbonyl (C=O) groups is 3. The van der Waals surface area contributed by atoms with Crippen molar-refractivity contribution in [3.63, 3.8) is 0 Å². The lowest BCUT2D eigenvalue weighted by atomic mass is 9.33. The predicted octanol–water partition coefficient (Wildman–Crippen LogP) is -4.93. The molecule has 0 amide bonds. The smallest absolute Gasteiger partial charge is 0.335 e. The van der Waals surface area contributed by atoms with E-state index in [0.29, 0.717) is 57.8 Å². The number of carboxylic acid groups (broad SMARTS) is 1. The molecule has 18 N–H and O–H groups in total. The van der Waals surface area contributed by atoms with Gasteiger partial charge in [-0.1, -0.05) is 53.2 Å². The van der Waals surface area contributed by atoms with Crippen LogP contribution >= 0.6 is 0 Å². The van der Waals surface area contributed by atoms with Gasteiger partial charge in [-0.15, -0.1) is 0 Å². The van der Waals surface area contributed by atoms with Gasteiger partial charge in [0.1, 0.15) is 134 Å². The molecule has 11 fully saturated rings. The van der Waals surface area contributed by atoms with Gasteiger partial charge < -0.3 is 163 Å². The number of carbonyl (C=O) groups excluding carboxylic acids is 2. The van der Waals surface area contributed by atoms with Crippen LogP contribution in [-0.4, -0.2) is 339 Å². The zero-order valence-electron chi connectivity index (χ0n) is 60.2. The van der Waals surface area contributed by atoms with Crippen molar-refractivity contribution in [2.45, 2.75) is 335 Å². The van der Waals surface area contributed by atoms with E-state index in [-0.39, 0.29) is 17.8 Å². The fourth-order valence-electron chi connectivity index (χ4n) is 20.1. The zero-order valence-corrected chi connectivity index (χ0v) is 60.2. The molecular formula is C70H110O35. The summed E-state index contributed by atoms with van der Waals surface area (Å²) in [6.45, 7) is 15.1. The molecule has 35 nitrogen and oxygen atoms in total. The number of rotatable bonds is 17. The molecule has 0 unspecified atom stereocenters. The number of aliphatic hydroxyl groups excluding tert-OH is 17. The number of fused-ring (bicyclic) bond motifs is 7. The lowest BCUT2D eigenvalue weighted by Crippen LogP contribution is -2.69. The molecule has 4 saturated carbocycles. The van der Waals surface area contributed by atoms with Crippen LogP contribution in [0.15, 0.2) is 11.6 Å². The topological polar surface area (TPSA) is 545 Å². The van der Waals surface area contributed by atoms with Gasteiger partial charge in [-0.05, 0) is 124 Å². The standard InChI is InChI=1S/C70H110O35/c1-25-36(75)41(80)46(85)59(94-25)101-51-37(76)26(2)95-62(54(51)103-60-48(87)43(82)50(27(3)96-60)99-57-44(83)38(77)30(73)22-92-57)105-64(91)70-18-16-65(4,5)20-29(70)28-10-11-34-66(6)14-13-35(67(7,24-72)33(66)12-15-69(34,9)68(28,8)17-19-70)98-63-55(104-61-47(86)42(81)40(79)32(21-71)97-61)52(49(88)53(102-63)56(89)90)100-58-45(84)39(78)31(74)23-93-58/h10,24-27,29-55,57-63,71,73-88H,11-23H2,1-9H3,(H,89,90)/t25-,26-,27-,29-,30-,31-,32+,33-,34+,35+,36+,37-,38-,39+,40+,41-,42-,43-,44-,45+,46-,47+,48-,49+,50-,51-,52+,53+,54-,55-,57+,58-,59-,60-,61+,62+,63-,66+,67+,68-,69-,70-/m1/s1. The van der Waals surface area contributed by atoms with Crippen molar-refractivity contribution in [3.8, 4) is 0 Å². The Morgan fingerprint density at radius 1 is 0.486 bits per heavy atom. The molecule has 35 heteroatoms. The Kier molecular flexibility index (Phi) is 23.8. The summed E-state index contributed by atoms with van der Waals surface area (Å²) in [5, 5.41) is 197. The van der Waals surface area contributed by atoms with Gasteiger partial charge in [0.05, 0.1) is 55.1 Å². The van der Waals surface area contributed by atoms with E-state index >= 15 is 4.79 Å². The predicted molar refractivity (Wildman–Crippen MR) is 345 cm³/mol. The van der Waals surface area contributed by atoms with Crippen molar-refractivity contribution in [1.29, 1.82) is 0 Å². The zero-order chi connectivity index (χ0) is 76.6. The highest BCUT2D eigenvalue weighted by molar-refractivity contribution is 5.79. The summed E-state index contributed by atoms with van der Waals surface area (Å²) in [6, 6.07) is 0. The molecule has 105 heavy (non-hydrogen) atoms. The second-order valence-corrected chi connectivity index (χ2v) is 33.5. The van der Waals surface area contributed by atoms with Gasteiger partial charge in [0.15, 0.2) is 49.9 Å². The van der Waals surface area contributed by atoms with Crippen molar-refractivity contribution in [1.82, 2.24) is 0 Å². The number of carboxylic acids is 1. The highest BCUT2D eigenvalue weighted by Crippen LogP contribution is 2.76. The van der Waals surface area contributed by atoms with E-state index in [0.717, 1.165) is 11.9 Å². The molecule has 0 aromatic rings. The SMILES string of the molecule is C[C@H]1O[C@H](O[C@@H]2[C@H](O)[C@@H](C)O[C@@H](OC(=O)[C@@]34CCC(C)(C)C[C@@H]3C3=CC[C@H]5[C@@]6(C)CC[C@H](O[C@@H]7O[C@H](C(=O)O)[C@@H](O)[C@H](O[C@H]8OC[C@@H](O)[C@H](O)[C@@H]8O)[C@H]7O[C@@H]7O[C@@H](CO)[C@H](O)[C@@H](O)[C@@H]7O)[C@@](C)(C=O)[C@@H]6CC[C@@]5(C)[C@]3(C)CC4)[C@@H]2O[C@H]2O[C@H](C)[C@@H](O[C@@H]3OC[C@@H](O)[C@@H](O)[C@H]3O)[C@H](O)[C@H]2O)[C@H](O)[C@H](O)[C@H]1O. The monoisotopic (exact) mass is 1510 g/mol. The summed E-state index contributed by atoms with van der Waals surface area (Å²) >= 11 is 0. The summed E-state index contributed by atoms with van der Waals surface area (Å²) in [5.74, 6) is -3.45. The van der Waals surface area contributed by atoms with E-state index in [1.165, 1.54) is 20.8 Å². The molecule has 12 aliphatic rings. The van der Waals surface area contributed by atoms with Crippen molar-refractivity contribution in [2.75, 3.05) is 19.8 Å². The van der Waals surface area contributed by atoms with E-state index in [1.54, 1.807) is 6.92 Å². The molecule has 0 spiro atoms.